The zero-order valence-electron chi connectivity index (χ0n) is 11.8. The predicted molar refractivity (Wildman–Crippen MR) is 89.9 cm³/mol. The van der Waals surface area contributed by atoms with Crippen molar-refractivity contribution in [3.8, 4) is 0 Å². The van der Waals surface area contributed by atoms with E-state index in [1.807, 2.05) is 29.2 Å². The molecule has 0 radical (unpaired) electrons. The van der Waals surface area contributed by atoms with Gasteiger partial charge in [0.2, 0.25) is 11.8 Å². The molecule has 0 unspecified atom stereocenters. The van der Waals surface area contributed by atoms with E-state index in [0.717, 1.165) is 22.1 Å². The van der Waals surface area contributed by atoms with Crippen LogP contribution in [0.2, 0.25) is 0 Å². The van der Waals surface area contributed by atoms with E-state index in [9.17, 15) is 9.59 Å². The van der Waals surface area contributed by atoms with Gasteiger partial charge in [-0.3, -0.25) is 9.59 Å². The van der Waals surface area contributed by atoms with E-state index in [4.69, 9.17) is 0 Å². The third kappa shape index (κ3) is 3.39. The molecule has 1 aliphatic heterocycles. The number of amides is 2. The van der Waals surface area contributed by atoms with Crippen LogP contribution < -0.4 is 5.32 Å². The average molecular weight is 398 g/mol. The maximum absolute atomic E-state index is 12.3. The fourth-order valence-electron chi connectivity index (χ4n) is 3.29. The summed E-state index contributed by atoms with van der Waals surface area (Å²) in [6.45, 7) is 0.583. The molecule has 1 aromatic rings. The number of anilines is 1. The van der Waals surface area contributed by atoms with Crippen LogP contribution in [0.4, 0.5) is 5.69 Å². The monoisotopic (exact) mass is 398 g/mol. The minimum absolute atomic E-state index is 0.0363. The van der Waals surface area contributed by atoms with Crippen molar-refractivity contribution < 1.29 is 9.59 Å². The maximum Gasteiger partial charge on any atom is 0.229 e. The molecule has 0 aromatic heterocycles. The van der Waals surface area contributed by atoms with Crippen molar-refractivity contribution >= 4 is 40.1 Å². The molecule has 0 spiro atoms. The molecule has 5 heteroatoms. The Bertz CT molecular complexity index is 555. The summed E-state index contributed by atoms with van der Waals surface area (Å²) < 4.78 is 1.08. The van der Waals surface area contributed by atoms with Crippen molar-refractivity contribution in [1.29, 1.82) is 0 Å². The second-order valence-electron chi connectivity index (χ2n) is 5.89. The molecule has 1 atom stereocenters. The van der Waals surface area contributed by atoms with Gasteiger partial charge in [-0.05, 0) is 53.6 Å². The molecule has 1 saturated carbocycles. The van der Waals surface area contributed by atoms with Gasteiger partial charge in [0.1, 0.15) is 0 Å². The average Bonchev–Trinajstić information content (AvgIpc) is 3.07. The molecule has 2 amide bonds. The van der Waals surface area contributed by atoms with Crippen LogP contribution in [0, 0.1) is 9.49 Å². The molecule has 1 saturated heterocycles. The van der Waals surface area contributed by atoms with Gasteiger partial charge < -0.3 is 10.2 Å². The highest BCUT2D eigenvalue weighted by Gasteiger charge is 2.38. The summed E-state index contributed by atoms with van der Waals surface area (Å²) in [6.07, 6.45) is 4.95. The summed E-state index contributed by atoms with van der Waals surface area (Å²) in [7, 11) is 0. The van der Waals surface area contributed by atoms with Gasteiger partial charge in [-0.1, -0.05) is 18.9 Å². The van der Waals surface area contributed by atoms with Gasteiger partial charge in [0.05, 0.1) is 5.92 Å². The van der Waals surface area contributed by atoms with Crippen LogP contribution in [0.1, 0.15) is 32.1 Å². The molecule has 2 aliphatic rings. The Kier molecular flexibility index (Phi) is 4.47. The Morgan fingerprint density at radius 2 is 2.05 bits per heavy atom. The fraction of sp³-hybridized carbons (Fsp3) is 0.500. The highest BCUT2D eigenvalue weighted by molar-refractivity contribution is 14.1. The lowest BCUT2D eigenvalue weighted by Crippen LogP contribution is -2.35. The molecule has 21 heavy (non-hydrogen) atoms. The van der Waals surface area contributed by atoms with E-state index < -0.39 is 0 Å². The van der Waals surface area contributed by atoms with Crippen molar-refractivity contribution in [2.45, 2.75) is 38.1 Å². The number of halogens is 1. The zero-order chi connectivity index (χ0) is 14.8. The Labute approximate surface area is 138 Å². The number of likely N-dealkylation sites (tertiary alicyclic amines) is 1. The Morgan fingerprint density at radius 3 is 2.76 bits per heavy atom. The van der Waals surface area contributed by atoms with E-state index in [1.165, 1.54) is 12.8 Å². The first kappa shape index (κ1) is 14.8. The van der Waals surface area contributed by atoms with Crippen LogP contribution in [0.15, 0.2) is 24.3 Å². The smallest absolute Gasteiger partial charge is 0.229 e. The van der Waals surface area contributed by atoms with Crippen LogP contribution in [-0.4, -0.2) is 29.3 Å². The summed E-state index contributed by atoms with van der Waals surface area (Å²) in [5.41, 5.74) is 0.804. The topological polar surface area (TPSA) is 49.4 Å². The number of nitrogens with one attached hydrogen (secondary N) is 1. The summed E-state index contributed by atoms with van der Waals surface area (Å²) >= 11 is 2.22. The van der Waals surface area contributed by atoms with Gasteiger partial charge in [0.15, 0.2) is 0 Å². The van der Waals surface area contributed by atoms with Crippen LogP contribution in [-0.2, 0) is 9.59 Å². The van der Waals surface area contributed by atoms with Crippen LogP contribution in [0.25, 0.3) is 0 Å². The number of hydrogen-bond donors (Lipinski definition) is 1. The SMILES string of the molecule is O=C(Nc1cccc(I)c1)[C@@H]1CC(=O)N(C2CCCC2)C1. The molecule has 4 nitrogen and oxygen atoms in total. The zero-order valence-corrected chi connectivity index (χ0v) is 14.0. The number of carbonyl (C=O) groups excluding carboxylic acids is 2. The number of nitrogens with zero attached hydrogens (tertiary/aromatic N) is 1. The number of rotatable bonds is 3. The van der Waals surface area contributed by atoms with Gasteiger partial charge >= 0.3 is 0 Å². The molecule has 0 bridgehead atoms. The van der Waals surface area contributed by atoms with Crippen LogP contribution >= 0.6 is 22.6 Å². The van der Waals surface area contributed by atoms with Gasteiger partial charge in [-0.15, -0.1) is 0 Å². The standard InChI is InChI=1S/C16H19IN2O2/c17-12-4-3-5-13(9-12)18-16(21)11-8-15(20)19(10-11)14-6-1-2-7-14/h3-5,9,11,14H,1-2,6-8,10H2,(H,18,21)/t11-/m1/s1. The van der Waals surface area contributed by atoms with Gasteiger partial charge in [-0.25, -0.2) is 0 Å². The molecule has 1 aliphatic carbocycles. The van der Waals surface area contributed by atoms with Crippen LogP contribution in [0.5, 0.6) is 0 Å². The summed E-state index contributed by atoms with van der Waals surface area (Å²) in [5.74, 6) is -0.105. The van der Waals surface area contributed by atoms with Gasteiger partial charge in [0, 0.05) is 28.3 Å². The van der Waals surface area contributed by atoms with E-state index in [0.29, 0.717) is 19.0 Å². The number of hydrogen-bond acceptors (Lipinski definition) is 2. The molecular weight excluding hydrogens is 379 g/mol. The molecule has 1 N–H and O–H groups in total. The lowest BCUT2D eigenvalue weighted by Gasteiger charge is -2.23. The lowest BCUT2D eigenvalue weighted by atomic mass is 10.1. The van der Waals surface area contributed by atoms with Gasteiger partial charge in [-0.2, -0.15) is 0 Å². The van der Waals surface area contributed by atoms with Crippen molar-refractivity contribution in [2.75, 3.05) is 11.9 Å². The Morgan fingerprint density at radius 1 is 1.29 bits per heavy atom. The summed E-state index contributed by atoms with van der Waals surface area (Å²) in [4.78, 5) is 26.4. The molecule has 2 fully saturated rings. The van der Waals surface area contributed by atoms with Crippen molar-refractivity contribution in [2.24, 2.45) is 5.92 Å². The number of benzene rings is 1. The summed E-state index contributed by atoms with van der Waals surface area (Å²) in [6, 6.07) is 8.09. The highest BCUT2D eigenvalue weighted by atomic mass is 127. The largest absolute Gasteiger partial charge is 0.339 e. The first-order chi connectivity index (χ1) is 10.1. The summed E-state index contributed by atoms with van der Waals surface area (Å²) in [5, 5.41) is 2.93. The fourth-order valence-corrected chi connectivity index (χ4v) is 3.83. The minimum atomic E-state index is -0.212. The Hall–Kier alpha value is -1.11. The van der Waals surface area contributed by atoms with Crippen molar-refractivity contribution in [3.05, 3.63) is 27.8 Å². The van der Waals surface area contributed by atoms with E-state index in [1.54, 1.807) is 0 Å². The van der Waals surface area contributed by atoms with E-state index >= 15 is 0 Å². The third-order valence-electron chi connectivity index (χ3n) is 4.39. The highest BCUT2D eigenvalue weighted by Crippen LogP contribution is 2.30. The molecular formula is C16H19IN2O2. The molecule has 112 valence electrons. The Balaban J connectivity index is 1.62. The second kappa shape index (κ2) is 6.34. The predicted octanol–water partition coefficient (Wildman–Crippen LogP) is 3.02. The second-order valence-corrected chi connectivity index (χ2v) is 7.13. The molecule has 1 aromatic carbocycles. The third-order valence-corrected chi connectivity index (χ3v) is 5.06. The van der Waals surface area contributed by atoms with Crippen molar-refractivity contribution in [1.82, 2.24) is 4.90 Å². The normalized spacial score (nSPS) is 22.8. The van der Waals surface area contributed by atoms with Gasteiger partial charge in [0.25, 0.3) is 0 Å². The van der Waals surface area contributed by atoms with Crippen LogP contribution in [0.3, 0.4) is 0 Å². The molecule has 1 heterocycles. The first-order valence-corrected chi connectivity index (χ1v) is 8.57. The van der Waals surface area contributed by atoms with Crippen molar-refractivity contribution in [3.63, 3.8) is 0 Å². The van der Waals surface area contributed by atoms with E-state index in [-0.39, 0.29) is 17.7 Å². The lowest BCUT2D eigenvalue weighted by molar-refractivity contribution is -0.129. The minimum Gasteiger partial charge on any atom is -0.339 e. The first-order valence-electron chi connectivity index (χ1n) is 7.49. The maximum atomic E-state index is 12.3. The quantitative estimate of drug-likeness (QED) is 0.796. The van der Waals surface area contributed by atoms with E-state index in [2.05, 4.69) is 27.9 Å². The number of carbonyl (C=O) groups is 2. The molecule has 3 rings (SSSR count).